The average Bonchev–Trinajstić information content (AvgIpc) is 2.48. The molecule has 2 aromatic rings. The molecule has 112 valence electrons. The van der Waals surface area contributed by atoms with Gasteiger partial charge in [-0.05, 0) is 35.9 Å². The number of phenolic OH excluding ortho intramolecular Hbond substituents is 1. The largest absolute Gasteiger partial charge is 0.506 e. The van der Waals surface area contributed by atoms with E-state index in [9.17, 15) is 20.0 Å². The molecule has 0 amide bonds. The zero-order valence-corrected chi connectivity index (χ0v) is 12.5. The van der Waals surface area contributed by atoms with E-state index in [1.807, 2.05) is 0 Å². The Balaban J connectivity index is 2.25. The van der Waals surface area contributed by atoms with Crippen LogP contribution in [0.2, 0.25) is 10.0 Å². The molecular weight excluding hydrogens is 329 g/mol. The van der Waals surface area contributed by atoms with Crippen molar-refractivity contribution < 1.29 is 14.8 Å². The quantitative estimate of drug-likeness (QED) is 0.385. The lowest BCUT2D eigenvalue weighted by molar-refractivity contribution is -0.384. The van der Waals surface area contributed by atoms with Gasteiger partial charge in [0, 0.05) is 11.6 Å². The van der Waals surface area contributed by atoms with Gasteiger partial charge >= 0.3 is 0 Å². The predicted octanol–water partition coefficient (Wildman–Crippen LogP) is 4.50. The maximum Gasteiger partial charge on any atom is 0.288 e. The Hall–Kier alpha value is -2.37. The summed E-state index contributed by atoms with van der Waals surface area (Å²) >= 11 is 11.5. The SMILES string of the molecule is O=C(C=Cc1ccc(O)c(Cl)c1)c1ccc(Cl)c([N+](=O)[O-])c1. The van der Waals surface area contributed by atoms with Crippen LogP contribution in [0.1, 0.15) is 15.9 Å². The molecule has 0 heterocycles. The second-order valence-corrected chi connectivity index (χ2v) is 5.15. The molecule has 0 spiro atoms. The molecule has 0 unspecified atom stereocenters. The first-order valence-electron chi connectivity index (χ1n) is 6.03. The maximum atomic E-state index is 12.0. The highest BCUT2D eigenvalue weighted by molar-refractivity contribution is 6.33. The molecule has 0 aliphatic rings. The topological polar surface area (TPSA) is 80.4 Å². The van der Waals surface area contributed by atoms with E-state index in [2.05, 4.69) is 0 Å². The molecule has 0 aromatic heterocycles. The van der Waals surface area contributed by atoms with Crippen LogP contribution in [0.25, 0.3) is 6.08 Å². The van der Waals surface area contributed by atoms with Crippen molar-refractivity contribution in [2.75, 3.05) is 0 Å². The highest BCUT2D eigenvalue weighted by Crippen LogP contribution is 2.26. The van der Waals surface area contributed by atoms with Crippen molar-refractivity contribution in [3.05, 3.63) is 73.8 Å². The molecule has 0 saturated heterocycles. The second kappa shape index (κ2) is 6.60. The molecule has 2 rings (SSSR count). The van der Waals surface area contributed by atoms with Crippen LogP contribution in [0.4, 0.5) is 5.69 Å². The van der Waals surface area contributed by atoms with E-state index in [4.69, 9.17) is 23.2 Å². The van der Waals surface area contributed by atoms with E-state index in [0.29, 0.717) is 5.56 Å². The Bertz CT molecular complexity index is 787. The van der Waals surface area contributed by atoms with Gasteiger partial charge in [-0.2, -0.15) is 0 Å². The van der Waals surface area contributed by atoms with Gasteiger partial charge < -0.3 is 5.11 Å². The number of nitrogens with zero attached hydrogens (tertiary/aromatic N) is 1. The summed E-state index contributed by atoms with van der Waals surface area (Å²) < 4.78 is 0. The van der Waals surface area contributed by atoms with Crippen molar-refractivity contribution >= 4 is 40.7 Å². The van der Waals surface area contributed by atoms with Crippen molar-refractivity contribution in [1.82, 2.24) is 0 Å². The van der Waals surface area contributed by atoms with Crippen LogP contribution in [0.5, 0.6) is 5.75 Å². The molecule has 0 fully saturated rings. The van der Waals surface area contributed by atoms with Crippen LogP contribution in [-0.2, 0) is 0 Å². The van der Waals surface area contributed by atoms with Crippen LogP contribution in [0.3, 0.4) is 0 Å². The van der Waals surface area contributed by atoms with E-state index in [1.165, 1.54) is 36.4 Å². The number of nitro groups is 1. The van der Waals surface area contributed by atoms with Gasteiger partial charge in [-0.15, -0.1) is 0 Å². The normalized spacial score (nSPS) is 10.8. The highest BCUT2D eigenvalue weighted by atomic mass is 35.5. The molecule has 22 heavy (non-hydrogen) atoms. The summed E-state index contributed by atoms with van der Waals surface area (Å²) in [5, 5.41) is 20.2. The summed E-state index contributed by atoms with van der Waals surface area (Å²) in [6.45, 7) is 0. The Morgan fingerprint density at radius 2 is 1.86 bits per heavy atom. The number of phenols is 1. The van der Waals surface area contributed by atoms with Crippen LogP contribution in [0, 0.1) is 10.1 Å². The van der Waals surface area contributed by atoms with Crippen LogP contribution < -0.4 is 0 Å². The molecule has 0 radical (unpaired) electrons. The van der Waals surface area contributed by atoms with Crippen LogP contribution in [-0.4, -0.2) is 15.8 Å². The van der Waals surface area contributed by atoms with Gasteiger partial charge in [0.05, 0.1) is 9.95 Å². The number of nitro benzene ring substituents is 1. The van der Waals surface area contributed by atoms with Crippen molar-refractivity contribution in [1.29, 1.82) is 0 Å². The van der Waals surface area contributed by atoms with E-state index < -0.39 is 10.7 Å². The van der Waals surface area contributed by atoms with E-state index in [-0.39, 0.29) is 27.0 Å². The number of benzene rings is 2. The number of aromatic hydroxyl groups is 1. The highest BCUT2D eigenvalue weighted by Gasteiger charge is 2.15. The fourth-order valence-electron chi connectivity index (χ4n) is 1.70. The first kappa shape index (κ1) is 16.0. The van der Waals surface area contributed by atoms with Gasteiger partial charge in [0.1, 0.15) is 10.8 Å². The number of carbonyl (C=O) groups is 1. The van der Waals surface area contributed by atoms with Crippen LogP contribution in [0.15, 0.2) is 42.5 Å². The maximum absolute atomic E-state index is 12.0. The molecule has 1 N–H and O–H groups in total. The third kappa shape index (κ3) is 3.63. The minimum Gasteiger partial charge on any atom is -0.506 e. The number of hydrogen-bond donors (Lipinski definition) is 1. The lowest BCUT2D eigenvalue weighted by Gasteiger charge is -2.00. The Morgan fingerprint density at radius 3 is 2.50 bits per heavy atom. The lowest BCUT2D eigenvalue weighted by atomic mass is 10.1. The molecular formula is C15H9Cl2NO4. The van der Waals surface area contributed by atoms with Crippen LogP contribution >= 0.6 is 23.2 Å². The van der Waals surface area contributed by atoms with Crippen molar-refractivity contribution in [2.45, 2.75) is 0 Å². The summed E-state index contributed by atoms with van der Waals surface area (Å²) in [4.78, 5) is 22.2. The van der Waals surface area contributed by atoms with Gasteiger partial charge in [0.25, 0.3) is 5.69 Å². The zero-order valence-electron chi connectivity index (χ0n) is 11.0. The molecule has 0 atom stereocenters. The molecule has 2 aromatic carbocycles. The standard InChI is InChI=1S/C15H9Cl2NO4/c16-11-4-3-10(8-13(11)18(21)22)14(19)5-1-9-2-6-15(20)12(17)7-9/h1-8,20H. The van der Waals surface area contributed by atoms with Crippen molar-refractivity contribution in [3.8, 4) is 5.75 Å². The zero-order chi connectivity index (χ0) is 16.3. The van der Waals surface area contributed by atoms with Gasteiger partial charge in [-0.1, -0.05) is 35.3 Å². The van der Waals surface area contributed by atoms with E-state index >= 15 is 0 Å². The van der Waals surface area contributed by atoms with E-state index in [0.717, 1.165) is 6.07 Å². The molecule has 0 aliphatic heterocycles. The van der Waals surface area contributed by atoms with Crippen molar-refractivity contribution in [3.63, 3.8) is 0 Å². The van der Waals surface area contributed by atoms with Gasteiger partial charge in [0.15, 0.2) is 5.78 Å². The fraction of sp³-hybridized carbons (Fsp3) is 0. The molecule has 0 saturated carbocycles. The first-order chi connectivity index (χ1) is 10.4. The molecule has 0 aliphatic carbocycles. The number of rotatable bonds is 4. The summed E-state index contributed by atoms with van der Waals surface area (Å²) in [7, 11) is 0. The number of allylic oxidation sites excluding steroid dienone is 1. The summed E-state index contributed by atoms with van der Waals surface area (Å²) in [5.41, 5.74) is 0.436. The van der Waals surface area contributed by atoms with Gasteiger partial charge in [-0.25, -0.2) is 0 Å². The van der Waals surface area contributed by atoms with Gasteiger partial charge in [-0.3, -0.25) is 14.9 Å². The number of halogens is 2. The third-order valence-corrected chi connectivity index (χ3v) is 3.45. The monoisotopic (exact) mass is 337 g/mol. The third-order valence-electron chi connectivity index (χ3n) is 2.83. The smallest absolute Gasteiger partial charge is 0.288 e. The number of ketones is 1. The van der Waals surface area contributed by atoms with E-state index in [1.54, 1.807) is 6.07 Å². The molecule has 7 heteroatoms. The van der Waals surface area contributed by atoms with Crippen molar-refractivity contribution in [2.24, 2.45) is 0 Å². The Morgan fingerprint density at radius 1 is 1.14 bits per heavy atom. The number of carbonyl (C=O) groups excluding carboxylic acids is 1. The molecule has 5 nitrogen and oxygen atoms in total. The Kier molecular flexibility index (Phi) is 4.80. The average molecular weight is 338 g/mol. The Labute approximate surface area is 135 Å². The lowest BCUT2D eigenvalue weighted by Crippen LogP contribution is -1.97. The summed E-state index contributed by atoms with van der Waals surface area (Å²) in [6, 6.07) is 8.31. The summed E-state index contributed by atoms with van der Waals surface area (Å²) in [6.07, 6.45) is 2.75. The number of hydrogen-bond acceptors (Lipinski definition) is 4. The fourth-order valence-corrected chi connectivity index (χ4v) is 2.08. The molecule has 0 bridgehead atoms. The summed E-state index contributed by atoms with van der Waals surface area (Å²) in [5.74, 6) is -0.470. The minimum atomic E-state index is -0.650. The predicted molar refractivity (Wildman–Crippen MR) is 84.6 cm³/mol. The second-order valence-electron chi connectivity index (χ2n) is 4.33. The van der Waals surface area contributed by atoms with Gasteiger partial charge in [0.2, 0.25) is 0 Å². The minimum absolute atomic E-state index is 0.0316. The first-order valence-corrected chi connectivity index (χ1v) is 6.79.